The lowest BCUT2D eigenvalue weighted by molar-refractivity contribution is 0.102. The van der Waals surface area contributed by atoms with Crippen LogP contribution in [0.1, 0.15) is 10.4 Å². The van der Waals surface area contributed by atoms with Crippen LogP contribution in [-0.2, 0) is 0 Å². The third-order valence-corrected chi connectivity index (χ3v) is 3.59. The molecule has 1 heterocycles. The van der Waals surface area contributed by atoms with Crippen LogP contribution in [0, 0.1) is 0 Å². The highest BCUT2D eigenvalue weighted by molar-refractivity contribution is 6.04. The van der Waals surface area contributed by atoms with Gasteiger partial charge in [0.15, 0.2) is 5.82 Å². The second-order valence-corrected chi connectivity index (χ2v) is 5.56. The minimum Gasteiger partial charge on any atom is -0.378 e. The number of amides is 1. The number of carbonyl (C=O) groups is 1. The molecule has 0 aliphatic carbocycles. The number of anilines is 2. The van der Waals surface area contributed by atoms with Gasteiger partial charge in [0.2, 0.25) is 0 Å². The van der Waals surface area contributed by atoms with Crippen molar-refractivity contribution in [1.82, 2.24) is 9.97 Å². The van der Waals surface area contributed by atoms with Crippen LogP contribution in [0.25, 0.3) is 11.4 Å². The Balaban J connectivity index is 1.70. The summed E-state index contributed by atoms with van der Waals surface area (Å²) < 4.78 is 0. The number of rotatable bonds is 4. The van der Waals surface area contributed by atoms with Crippen LogP contribution in [0.15, 0.2) is 67.0 Å². The molecule has 0 unspecified atom stereocenters. The predicted molar refractivity (Wildman–Crippen MR) is 96.2 cm³/mol. The summed E-state index contributed by atoms with van der Waals surface area (Å²) >= 11 is 0. The maximum Gasteiger partial charge on any atom is 0.255 e. The third kappa shape index (κ3) is 3.57. The monoisotopic (exact) mass is 318 g/mol. The SMILES string of the molecule is CN(C)c1ccc(C(=O)Nc2cnc(-c3ccccc3)nc2)cc1. The standard InChI is InChI=1S/C19H18N4O/c1-23(2)17-10-8-15(9-11-17)19(24)22-16-12-20-18(21-13-16)14-6-4-3-5-7-14/h3-13H,1-2H3,(H,22,24). The Bertz CT molecular complexity index is 812. The summed E-state index contributed by atoms with van der Waals surface area (Å²) in [4.78, 5) is 22.9. The van der Waals surface area contributed by atoms with Crippen molar-refractivity contribution < 1.29 is 4.79 Å². The van der Waals surface area contributed by atoms with E-state index in [4.69, 9.17) is 0 Å². The molecule has 120 valence electrons. The van der Waals surface area contributed by atoms with E-state index in [1.54, 1.807) is 24.5 Å². The predicted octanol–water partition coefficient (Wildman–Crippen LogP) is 3.46. The minimum atomic E-state index is -0.184. The molecule has 2 aromatic carbocycles. The van der Waals surface area contributed by atoms with E-state index in [0.29, 0.717) is 17.1 Å². The van der Waals surface area contributed by atoms with Crippen molar-refractivity contribution in [1.29, 1.82) is 0 Å². The fourth-order valence-electron chi connectivity index (χ4n) is 2.24. The second-order valence-electron chi connectivity index (χ2n) is 5.56. The van der Waals surface area contributed by atoms with E-state index in [0.717, 1.165) is 11.3 Å². The molecule has 0 spiro atoms. The Labute approximate surface area is 141 Å². The Morgan fingerprint density at radius 2 is 1.54 bits per heavy atom. The summed E-state index contributed by atoms with van der Waals surface area (Å²) in [5, 5.41) is 2.81. The largest absolute Gasteiger partial charge is 0.378 e. The van der Waals surface area contributed by atoms with Crippen LogP contribution in [0.5, 0.6) is 0 Å². The maximum atomic E-state index is 12.3. The lowest BCUT2D eigenvalue weighted by atomic mass is 10.2. The highest BCUT2D eigenvalue weighted by Gasteiger charge is 2.08. The highest BCUT2D eigenvalue weighted by Crippen LogP contribution is 2.16. The van der Waals surface area contributed by atoms with E-state index in [1.165, 1.54) is 0 Å². The number of hydrogen-bond donors (Lipinski definition) is 1. The molecule has 0 saturated carbocycles. The van der Waals surface area contributed by atoms with E-state index in [1.807, 2.05) is 61.5 Å². The minimum absolute atomic E-state index is 0.184. The first-order valence-electron chi connectivity index (χ1n) is 7.60. The first-order valence-corrected chi connectivity index (χ1v) is 7.60. The van der Waals surface area contributed by atoms with Crippen LogP contribution in [-0.4, -0.2) is 30.0 Å². The normalized spacial score (nSPS) is 10.2. The number of carbonyl (C=O) groups excluding carboxylic acids is 1. The van der Waals surface area contributed by atoms with Gasteiger partial charge < -0.3 is 10.2 Å². The molecule has 1 N–H and O–H groups in total. The summed E-state index contributed by atoms with van der Waals surface area (Å²) in [6.07, 6.45) is 3.23. The molecule has 0 fully saturated rings. The lowest BCUT2D eigenvalue weighted by Gasteiger charge is -2.12. The van der Waals surface area contributed by atoms with Gasteiger partial charge >= 0.3 is 0 Å². The second kappa shape index (κ2) is 6.91. The van der Waals surface area contributed by atoms with Gasteiger partial charge in [-0.25, -0.2) is 9.97 Å². The average Bonchev–Trinajstić information content (AvgIpc) is 2.63. The Morgan fingerprint density at radius 3 is 2.12 bits per heavy atom. The summed E-state index contributed by atoms with van der Waals surface area (Å²) in [5.41, 5.74) is 3.14. The van der Waals surface area contributed by atoms with Gasteiger partial charge in [-0.15, -0.1) is 0 Å². The average molecular weight is 318 g/mol. The van der Waals surface area contributed by atoms with Gasteiger partial charge in [-0.05, 0) is 24.3 Å². The van der Waals surface area contributed by atoms with Gasteiger partial charge in [0.25, 0.3) is 5.91 Å². The summed E-state index contributed by atoms with van der Waals surface area (Å²) in [7, 11) is 3.92. The number of benzene rings is 2. The van der Waals surface area contributed by atoms with Gasteiger partial charge in [-0.3, -0.25) is 4.79 Å². The van der Waals surface area contributed by atoms with Crippen molar-refractivity contribution in [3.05, 3.63) is 72.6 Å². The number of nitrogens with one attached hydrogen (secondary N) is 1. The molecule has 0 radical (unpaired) electrons. The zero-order valence-electron chi connectivity index (χ0n) is 13.6. The molecule has 5 heteroatoms. The number of hydrogen-bond acceptors (Lipinski definition) is 4. The van der Waals surface area contributed by atoms with E-state index < -0.39 is 0 Å². The Kier molecular flexibility index (Phi) is 4.52. The quantitative estimate of drug-likeness (QED) is 0.800. The van der Waals surface area contributed by atoms with E-state index in [9.17, 15) is 4.79 Å². The van der Waals surface area contributed by atoms with Crippen LogP contribution >= 0.6 is 0 Å². The zero-order chi connectivity index (χ0) is 16.9. The fraction of sp³-hybridized carbons (Fsp3) is 0.105. The van der Waals surface area contributed by atoms with Crippen molar-refractivity contribution in [3.63, 3.8) is 0 Å². The molecule has 0 saturated heterocycles. The van der Waals surface area contributed by atoms with Crippen molar-refractivity contribution >= 4 is 17.3 Å². The topological polar surface area (TPSA) is 58.1 Å². The van der Waals surface area contributed by atoms with Gasteiger partial charge in [0.05, 0.1) is 18.1 Å². The molecule has 3 rings (SSSR count). The van der Waals surface area contributed by atoms with Crippen molar-refractivity contribution in [2.75, 3.05) is 24.3 Å². The van der Waals surface area contributed by atoms with Gasteiger partial charge in [0, 0.05) is 30.9 Å². The molecule has 1 aromatic heterocycles. The zero-order valence-corrected chi connectivity index (χ0v) is 13.6. The van der Waals surface area contributed by atoms with Crippen LogP contribution in [0.4, 0.5) is 11.4 Å². The molecule has 0 bridgehead atoms. The third-order valence-electron chi connectivity index (χ3n) is 3.59. The molecular weight excluding hydrogens is 300 g/mol. The molecule has 5 nitrogen and oxygen atoms in total. The first-order chi connectivity index (χ1) is 11.6. The van der Waals surface area contributed by atoms with Crippen molar-refractivity contribution in [3.8, 4) is 11.4 Å². The summed E-state index contributed by atoms with van der Waals surface area (Å²) in [6.45, 7) is 0. The molecular formula is C19H18N4O. The summed E-state index contributed by atoms with van der Waals surface area (Å²) in [5.74, 6) is 0.445. The van der Waals surface area contributed by atoms with Crippen LogP contribution < -0.4 is 10.2 Å². The van der Waals surface area contributed by atoms with Crippen LogP contribution in [0.3, 0.4) is 0 Å². The smallest absolute Gasteiger partial charge is 0.255 e. The van der Waals surface area contributed by atoms with Gasteiger partial charge in [-0.2, -0.15) is 0 Å². The molecule has 3 aromatic rings. The van der Waals surface area contributed by atoms with Crippen molar-refractivity contribution in [2.24, 2.45) is 0 Å². The van der Waals surface area contributed by atoms with E-state index >= 15 is 0 Å². The summed E-state index contributed by atoms with van der Waals surface area (Å²) in [6, 6.07) is 17.1. The van der Waals surface area contributed by atoms with Crippen molar-refractivity contribution in [2.45, 2.75) is 0 Å². The van der Waals surface area contributed by atoms with Crippen LogP contribution in [0.2, 0.25) is 0 Å². The maximum absolute atomic E-state index is 12.3. The lowest BCUT2D eigenvalue weighted by Crippen LogP contribution is -2.13. The fourth-order valence-corrected chi connectivity index (χ4v) is 2.24. The van der Waals surface area contributed by atoms with Gasteiger partial charge in [-0.1, -0.05) is 30.3 Å². The number of nitrogens with zero attached hydrogens (tertiary/aromatic N) is 3. The molecule has 0 aliphatic heterocycles. The highest BCUT2D eigenvalue weighted by atomic mass is 16.1. The number of aromatic nitrogens is 2. The first kappa shape index (κ1) is 15.7. The van der Waals surface area contributed by atoms with Gasteiger partial charge in [0.1, 0.15) is 0 Å². The Morgan fingerprint density at radius 1 is 0.917 bits per heavy atom. The molecule has 24 heavy (non-hydrogen) atoms. The molecule has 1 amide bonds. The van der Waals surface area contributed by atoms with E-state index in [2.05, 4.69) is 15.3 Å². The molecule has 0 atom stereocenters. The Hall–Kier alpha value is -3.21. The molecule has 0 aliphatic rings. The van der Waals surface area contributed by atoms with E-state index in [-0.39, 0.29) is 5.91 Å².